The lowest BCUT2D eigenvalue weighted by Crippen LogP contribution is -2.33. The van der Waals surface area contributed by atoms with E-state index in [1.165, 1.54) is 0 Å². The molecule has 0 heterocycles. The molecular formula is C9H14O5S. The van der Waals surface area contributed by atoms with Crippen LogP contribution in [0.5, 0.6) is 0 Å². The highest BCUT2D eigenvalue weighted by Crippen LogP contribution is 2.44. The first-order valence-corrected chi connectivity index (χ1v) is 6.48. The van der Waals surface area contributed by atoms with Gasteiger partial charge in [-0.15, -0.1) is 0 Å². The van der Waals surface area contributed by atoms with Crippen LogP contribution in [0.15, 0.2) is 0 Å². The maximum Gasteiger partial charge on any atom is 0.400 e. The fourth-order valence-corrected chi connectivity index (χ4v) is 3.29. The molecule has 0 amide bonds. The van der Waals surface area contributed by atoms with E-state index in [2.05, 4.69) is 4.18 Å². The van der Waals surface area contributed by atoms with Crippen molar-refractivity contribution in [3.05, 3.63) is 0 Å². The number of ketones is 1. The molecule has 2 rings (SSSR count). The molecule has 3 atom stereocenters. The number of fused-ring (bicyclic) bond motifs is 2. The van der Waals surface area contributed by atoms with Crippen molar-refractivity contribution in [1.82, 2.24) is 0 Å². The second-order valence-electron chi connectivity index (χ2n) is 4.00. The first kappa shape index (κ1) is 11.0. The predicted octanol–water partition coefficient (Wildman–Crippen LogP) is 0.652. The van der Waals surface area contributed by atoms with E-state index in [-0.39, 0.29) is 24.2 Å². The third kappa shape index (κ3) is 2.07. The van der Waals surface area contributed by atoms with Gasteiger partial charge in [-0.2, -0.15) is 8.42 Å². The van der Waals surface area contributed by atoms with E-state index in [0.29, 0.717) is 0 Å². The molecule has 0 spiro atoms. The van der Waals surface area contributed by atoms with Gasteiger partial charge in [0.05, 0.1) is 6.61 Å². The lowest BCUT2D eigenvalue weighted by atomic mass is 9.97. The predicted molar refractivity (Wildman–Crippen MR) is 51.3 cm³/mol. The Labute approximate surface area is 89.1 Å². The highest BCUT2D eigenvalue weighted by atomic mass is 32.3. The minimum atomic E-state index is -3.99. The van der Waals surface area contributed by atoms with Crippen LogP contribution in [0.3, 0.4) is 0 Å². The van der Waals surface area contributed by atoms with Gasteiger partial charge in [-0.3, -0.25) is 4.79 Å². The van der Waals surface area contributed by atoms with Crippen molar-refractivity contribution in [1.29, 1.82) is 0 Å². The molecule has 0 aromatic carbocycles. The molecule has 15 heavy (non-hydrogen) atoms. The molecule has 2 saturated carbocycles. The molecule has 0 aliphatic heterocycles. The van der Waals surface area contributed by atoms with Crippen LogP contribution in [-0.2, 0) is 23.6 Å². The molecule has 0 radical (unpaired) electrons. The van der Waals surface area contributed by atoms with Crippen LogP contribution in [0.2, 0.25) is 0 Å². The molecule has 0 aromatic heterocycles. The Morgan fingerprint density at radius 3 is 2.67 bits per heavy atom. The molecule has 0 N–H and O–H groups in total. The van der Waals surface area contributed by atoms with E-state index >= 15 is 0 Å². The Balaban J connectivity index is 2.04. The molecule has 0 aromatic rings. The summed E-state index contributed by atoms with van der Waals surface area (Å²) >= 11 is 0. The van der Waals surface area contributed by atoms with Crippen molar-refractivity contribution in [2.24, 2.45) is 11.8 Å². The summed E-state index contributed by atoms with van der Waals surface area (Å²) < 4.78 is 31.7. The Morgan fingerprint density at radius 1 is 1.40 bits per heavy atom. The lowest BCUT2D eigenvalue weighted by molar-refractivity contribution is -0.129. The van der Waals surface area contributed by atoms with Gasteiger partial charge < -0.3 is 0 Å². The number of rotatable bonds is 4. The first-order chi connectivity index (χ1) is 7.03. The van der Waals surface area contributed by atoms with Gasteiger partial charge in [0.2, 0.25) is 0 Å². The second-order valence-corrected chi connectivity index (χ2v) is 5.25. The van der Waals surface area contributed by atoms with Crippen LogP contribution in [0.1, 0.15) is 26.2 Å². The molecule has 0 unspecified atom stereocenters. The van der Waals surface area contributed by atoms with Crippen molar-refractivity contribution in [3.63, 3.8) is 0 Å². The zero-order valence-corrected chi connectivity index (χ0v) is 9.33. The van der Waals surface area contributed by atoms with Crippen LogP contribution in [0.25, 0.3) is 0 Å². The smallest absolute Gasteiger partial charge is 0.296 e. The maximum atomic E-state index is 11.6. The van der Waals surface area contributed by atoms with Crippen LogP contribution in [-0.4, -0.2) is 26.9 Å². The van der Waals surface area contributed by atoms with Gasteiger partial charge in [0.1, 0.15) is 6.10 Å². The van der Waals surface area contributed by atoms with Gasteiger partial charge in [0.25, 0.3) is 0 Å². The molecule has 2 bridgehead atoms. The topological polar surface area (TPSA) is 69.7 Å². The molecule has 86 valence electrons. The van der Waals surface area contributed by atoms with E-state index in [0.717, 1.165) is 19.3 Å². The van der Waals surface area contributed by atoms with Gasteiger partial charge in [0, 0.05) is 5.92 Å². The fraction of sp³-hybridized carbons (Fsp3) is 0.889. The standard InChI is InChI=1S/C9H14O5S/c1-2-13-15(11,12)14-9-7-4-3-6(5-7)8(9)10/h6-7,9H,2-5H2,1H3/t6-,7+,9-/m1/s1. The molecule has 0 saturated heterocycles. The normalized spacial score (nSPS) is 35.0. The minimum absolute atomic E-state index is 0.0110. The zero-order valence-electron chi connectivity index (χ0n) is 8.51. The van der Waals surface area contributed by atoms with E-state index < -0.39 is 16.5 Å². The largest absolute Gasteiger partial charge is 0.400 e. The summed E-state index contributed by atoms with van der Waals surface area (Å²) in [5, 5.41) is 0. The Morgan fingerprint density at radius 2 is 2.13 bits per heavy atom. The zero-order chi connectivity index (χ0) is 11.1. The van der Waals surface area contributed by atoms with E-state index in [1.54, 1.807) is 6.92 Å². The summed E-state index contributed by atoms with van der Waals surface area (Å²) in [7, 11) is -3.99. The van der Waals surface area contributed by atoms with Crippen molar-refractivity contribution >= 4 is 16.2 Å². The number of carbonyl (C=O) groups is 1. The summed E-state index contributed by atoms with van der Waals surface area (Å²) in [5.74, 6) is 0.00378. The van der Waals surface area contributed by atoms with Gasteiger partial charge in [-0.05, 0) is 32.1 Å². The Bertz CT molecular complexity index is 361. The molecule has 2 fully saturated rings. The lowest BCUT2D eigenvalue weighted by Gasteiger charge is -2.19. The second kappa shape index (κ2) is 3.84. The Kier molecular flexibility index (Phi) is 2.83. The van der Waals surface area contributed by atoms with Crippen molar-refractivity contribution in [2.75, 3.05) is 6.61 Å². The number of carbonyl (C=O) groups excluding carboxylic acids is 1. The van der Waals surface area contributed by atoms with Crippen molar-refractivity contribution in [2.45, 2.75) is 32.3 Å². The van der Waals surface area contributed by atoms with Crippen LogP contribution in [0.4, 0.5) is 0 Å². The van der Waals surface area contributed by atoms with E-state index in [4.69, 9.17) is 4.18 Å². The molecular weight excluding hydrogens is 220 g/mol. The molecule has 2 aliphatic rings. The summed E-state index contributed by atoms with van der Waals surface area (Å²) in [4.78, 5) is 11.6. The first-order valence-electron chi connectivity index (χ1n) is 5.15. The summed E-state index contributed by atoms with van der Waals surface area (Å²) in [6, 6.07) is 0. The third-order valence-corrected chi connectivity index (χ3v) is 4.04. The van der Waals surface area contributed by atoms with Gasteiger partial charge in [-0.1, -0.05) is 0 Å². The van der Waals surface area contributed by atoms with E-state index in [1.807, 2.05) is 0 Å². The van der Waals surface area contributed by atoms with Crippen LogP contribution in [0, 0.1) is 11.8 Å². The summed E-state index contributed by atoms with van der Waals surface area (Å²) in [5.41, 5.74) is 0. The van der Waals surface area contributed by atoms with Crippen LogP contribution >= 0.6 is 0 Å². The summed E-state index contributed by atoms with van der Waals surface area (Å²) in [6.07, 6.45) is 1.73. The minimum Gasteiger partial charge on any atom is -0.296 e. The van der Waals surface area contributed by atoms with Crippen molar-refractivity contribution in [3.8, 4) is 0 Å². The third-order valence-electron chi connectivity index (χ3n) is 3.07. The average molecular weight is 234 g/mol. The number of hydrogen-bond donors (Lipinski definition) is 0. The summed E-state index contributed by atoms with van der Waals surface area (Å²) in [6.45, 7) is 1.58. The fourth-order valence-electron chi connectivity index (χ4n) is 2.44. The quantitative estimate of drug-likeness (QED) is 0.714. The highest BCUT2D eigenvalue weighted by Gasteiger charge is 2.49. The number of Topliss-reactive ketones (excluding diaryl/α,β-unsaturated/α-hetero) is 1. The average Bonchev–Trinajstić information content (AvgIpc) is 2.69. The van der Waals surface area contributed by atoms with Crippen LogP contribution < -0.4 is 0 Å². The van der Waals surface area contributed by atoms with Gasteiger partial charge in [-0.25, -0.2) is 8.37 Å². The highest BCUT2D eigenvalue weighted by molar-refractivity contribution is 7.81. The van der Waals surface area contributed by atoms with E-state index in [9.17, 15) is 13.2 Å². The van der Waals surface area contributed by atoms with Gasteiger partial charge >= 0.3 is 10.4 Å². The maximum absolute atomic E-state index is 11.6. The number of hydrogen-bond acceptors (Lipinski definition) is 5. The van der Waals surface area contributed by atoms with Crippen molar-refractivity contribution < 1.29 is 21.6 Å². The van der Waals surface area contributed by atoms with Gasteiger partial charge in [0.15, 0.2) is 5.78 Å². The monoisotopic (exact) mass is 234 g/mol. The molecule has 5 nitrogen and oxygen atoms in total. The SMILES string of the molecule is CCOS(=O)(=O)O[C@H]1C(=O)[C@@H]2CC[C@H]1C2. The molecule has 2 aliphatic carbocycles. The Hall–Kier alpha value is -0.460. The molecule has 6 heteroatoms.